The van der Waals surface area contributed by atoms with Gasteiger partial charge in [-0.2, -0.15) is 0 Å². The molecule has 0 aromatic heterocycles. The van der Waals surface area contributed by atoms with Gasteiger partial charge in [-0.3, -0.25) is 9.59 Å². The summed E-state index contributed by atoms with van der Waals surface area (Å²) in [5.41, 5.74) is 0. The smallest absolute Gasteiger partial charge is 0.303 e. The van der Waals surface area contributed by atoms with Crippen molar-refractivity contribution >= 4 is 11.9 Å². The molecule has 1 saturated heterocycles. The van der Waals surface area contributed by atoms with Crippen LogP contribution < -0.4 is 0 Å². The second-order valence-electron chi connectivity index (χ2n) is 7.41. The number of nitrogens with zero attached hydrogens (tertiary/aromatic N) is 1. The van der Waals surface area contributed by atoms with E-state index in [0.717, 1.165) is 38.5 Å². The van der Waals surface area contributed by atoms with Gasteiger partial charge in [-0.1, -0.05) is 38.8 Å². The summed E-state index contributed by atoms with van der Waals surface area (Å²) in [6.45, 7) is 4.79. The molecule has 5 heteroatoms. The van der Waals surface area contributed by atoms with Crippen LogP contribution >= 0.6 is 0 Å². The highest BCUT2D eigenvalue weighted by molar-refractivity contribution is 5.79. The van der Waals surface area contributed by atoms with E-state index in [1.54, 1.807) is 0 Å². The fourth-order valence-electron chi connectivity index (χ4n) is 3.16. The zero-order valence-electron chi connectivity index (χ0n) is 16.8. The molecule has 2 N–H and O–H groups in total. The number of carbonyl (C=O) groups excluding carboxylic acids is 1. The number of hydrogen-bond donors (Lipinski definition) is 2. The van der Waals surface area contributed by atoms with Gasteiger partial charge in [0.05, 0.1) is 12.1 Å². The van der Waals surface area contributed by atoms with Crippen LogP contribution in [0.4, 0.5) is 0 Å². The van der Waals surface area contributed by atoms with E-state index in [2.05, 4.69) is 18.8 Å². The van der Waals surface area contributed by atoms with Crippen molar-refractivity contribution in [1.29, 1.82) is 0 Å². The third kappa shape index (κ3) is 9.63. The second kappa shape index (κ2) is 13.4. The van der Waals surface area contributed by atoms with Gasteiger partial charge in [0.2, 0.25) is 5.91 Å². The Balaban J connectivity index is 2.38. The number of rotatable bonds is 12. The summed E-state index contributed by atoms with van der Waals surface area (Å²) in [7, 11) is 0. The van der Waals surface area contributed by atoms with Crippen LogP contribution in [0.5, 0.6) is 0 Å². The van der Waals surface area contributed by atoms with Crippen LogP contribution in [0.25, 0.3) is 0 Å². The number of unbranched alkanes of at least 4 members (excludes halogenated alkanes) is 4. The Morgan fingerprint density at radius 2 is 2.04 bits per heavy atom. The number of amides is 1. The van der Waals surface area contributed by atoms with Crippen LogP contribution in [-0.4, -0.2) is 45.7 Å². The van der Waals surface area contributed by atoms with Crippen molar-refractivity contribution in [1.82, 2.24) is 4.90 Å². The SMILES string of the molecule is CCCC#CCC(C)C(O)C=CC1CCC(=O)N1CCCCCCC(=O)O. The van der Waals surface area contributed by atoms with E-state index < -0.39 is 12.1 Å². The van der Waals surface area contributed by atoms with E-state index in [0.29, 0.717) is 25.8 Å². The third-order valence-electron chi connectivity index (χ3n) is 4.95. The van der Waals surface area contributed by atoms with E-state index in [4.69, 9.17) is 5.11 Å². The third-order valence-corrected chi connectivity index (χ3v) is 4.95. The fraction of sp³-hybridized carbons (Fsp3) is 0.727. The number of aliphatic carboxylic acids is 1. The van der Waals surface area contributed by atoms with Gasteiger partial charge in [0.1, 0.15) is 0 Å². The molecule has 0 spiro atoms. The summed E-state index contributed by atoms with van der Waals surface area (Å²) in [6.07, 6.45) is 10.8. The predicted octanol–water partition coefficient (Wildman–Crippen LogP) is 3.76. The van der Waals surface area contributed by atoms with Gasteiger partial charge in [-0.25, -0.2) is 0 Å². The highest BCUT2D eigenvalue weighted by atomic mass is 16.4. The second-order valence-corrected chi connectivity index (χ2v) is 7.41. The first-order valence-corrected chi connectivity index (χ1v) is 10.3. The maximum absolute atomic E-state index is 12.1. The monoisotopic (exact) mass is 377 g/mol. The zero-order valence-corrected chi connectivity index (χ0v) is 16.8. The molecule has 1 heterocycles. The van der Waals surface area contributed by atoms with Crippen molar-refractivity contribution in [2.24, 2.45) is 5.92 Å². The summed E-state index contributed by atoms with van der Waals surface area (Å²) < 4.78 is 0. The Morgan fingerprint density at radius 1 is 1.30 bits per heavy atom. The summed E-state index contributed by atoms with van der Waals surface area (Å²) >= 11 is 0. The van der Waals surface area contributed by atoms with Gasteiger partial charge in [-0.15, -0.1) is 11.8 Å². The molecule has 1 aliphatic rings. The van der Waals surface area contributed by atoms with Crippen molar-refractivity contribution in [2.45, 2.75) is 90.2 Å². The number of aliphatic hydroxyl groups is 1. The van der Waals surface area contributed by atoms with E-state index >= 15 is 0 Å². The molecule has 0 aromatic carbocycles. The zero-order chi connectivity index (χ0) is 20.1. The lowest BCUT2D eigenvalue weighted by Crippen LogP contribution is -2.33. The van der Waals surface area contributed by atoms with Gasteiger partial charge in [-0.05, 0) is 31.6 Å². The highest BCUT2D eigenvalue weighted by Crippen LogP contribution is 2.21. The first-order chi connectivity index (χ1) is 13.0. The topological polar surface area (TPSA) is 77.8 Å². The molecule has 0 aliphatic carbocycles. The molecule has 1 rings (SSSR count). The van der Waals surface area contributed by atoms with Crippen LogP contribution in [-0.2, 0) is 9.59 Å². The van der Waals surface area contributed by atoms with Crippen LogP contribution in [0.3, 0.4) is 0 Å². The first-order valence-electron chi connectivity index (χ1n) is 10.3. The molecule has 1 amide bonds. The van der Waals surface area contributed by atoms with Crippen LogP contribution in [0, 0.1) is 17.8 Å². The normalized spacial score (nSPS) is 19.1. The minimum atomic E-state index is -0.751. The van der Waals surface area contributed by atoms with E-state index in [1.807, 2.05) is 24.0 Å². The number of carboxylic acid groups (broad SMARTS) is 1. The number of likely N-dealkylation sites (tertiary alicyclic amines) is 1. The first kappa shape index (κ1) is 23.2. The van der Waals surface area contributed by atoms with Crippen molar-refractivity contribution in [3.05, 3.63) is 12.2 Å². The van der Waals surface area contributed by atoms with Crippen LogP contribution in [0.2, 0.25) is 0 Å². The summed E-state index contributed by atoms with van der Waals surface area (Å²) in [5, 5.41) is 18.9. The number of carbonyl (C=O) groups is 2. The average molecular weight is 378 g/mol. The molecule has 3 unspecified atom stereocenters. The molecule has 1 aliphatic heterocycles. The molecular weight excluding hydrogens is 342 g/mol. The fourth-order valence-corrected chi connectivity index (χ4v) is 3.16. The maximum atomic E-state index is 12.1. The van der Waals surface area contributed by atoms with Crippen molar-refractivity contribution in [3.8, 4) is 11.8 Å². The van der Waals surface area contributed by atoms with Gasteiger partial charge in [0, 0.05) is 32.2 Å². The Labute approximate surface area is 163 Å². The number of carboxylic acids is 1. The molecule has 5 nitrogen and oxygen atoms in total. The Morgan fingerprint density at radius 3 is 2.74 bits per heavy atom. The molecule has 152 valence electrons. The number of hydrogen-bond acceptors (Lipinski definition) is 3. The van der Waals surface area contributed by atoms with E-state index in [9.17, 15) is 14.7 Å². The Bertz CT molecular complexity index is 546. The molecule has 27 heavy (non-hydrogen) atoms. The molecule has 0 aromatic rings. The van der Waals surface area contributed by atoms with Crippen LogP contribution in [0.1, 0.15) is 78.1 Å². The van der Waals surface area contributed by atoms with Crippen molar-refractivity contribution in [2.75, 3.05) is 6.54 Å². The van der Waals surface area contributed by atoms with Crippen LogP contribution in [0.15, 0.2) is 12.2 Å². The minimum Gasteiger partial charge on any atom is -0.481 e. The lowest BCUT2D eigenvalue weighted by molar-refractivity contribution is -0.137. The molecule has 0 radical (unpaired) electrons. The summed E-state index contributed by atoms with van der Waals surface area (Å²) in [5.74, 6) is 5.71. The number of aliphatic hydroxyl groups excluding tert-OH is 1. The minimum absolute atomic E-state index is 0.0598. The molecule has 0 bridgehead atoms. The van der Waals surface area contributed by atoms with Crippen molar-refractivity contribution < 1.29 is 19.8 Å². The van der Waals surface area contributed by atoms with Gasteiger partial charge in [0.25, 0.3) is 0 Å². The van der Waals surface area contributed by atoms with E-state index in [-0.39, 0.29) is 24.3 Å². The highest BCUT2D eigenvalue weighted by Gasteiger charge is 2.28. The predicted molar refractivity (Wildman–Crippen MR) is 107 cm³/mol. The molecule has 0 saturated carbocycles. The Kier molecular flexibility index (Phi) is 11.5. The summed E-state index contributed by atoms with van der Waals surface area (Å²) in [4.78, 5) is 24.5. The van der Waals surface area contributed by atoms with Gasteiger partial charge in [0.15, 0.2) is 0 Å². The molecule has 1 fully saturated rings. The quantitative estimate of drug-likeness (QED) is 0.308. The maximum Gasteiger partial charge on any atom is 0.303 e. The lowest BCUT2D eigenvalue weighted by atomic mass is 9.99. The van der Waals surface area contributed by atoms with Gasteiger partial charge < -0.3 is 15.1 Å². The average Bonchev–Trinajstić information content (AvgIpc) is 2.99. The van der Waals surface area contributed by atoms with Crippen molar-refractivity contribution in [3.63, 3.8) is 0 Å². The molecule has 3 atom stereocenters. The largest absolute Gasteiger partial charge is 0.481 e. The Hall–Kier alpha value is -1.80. The standard InChI is InChI=1S/C22H35NO4/c1-3-4-5-8-11-18(2)20(24)15-13-19-14-16-21(25)23(19)17-10-7-6-9-12-22(26)27/h13,15,18-20,24H,3-4,6-7,9-12,14,16-17H2,1-2H3,(H,26,27). The van der Waals surface area contributed by atoms with Gasteiger partial charge >= 0.3 is 5.97 Å². The summed E-state index contributed by atoms with van der Waals surface area (Å²) in [6, 6.07) is 0.0598. The van der Waals surface area contributed by atoms with E-state index in [1.165, 1.54) is 0 Å². The molecular formula is C22H35NO4. The lowest BCUT2D eigenvalue weighted by Gasteiger charge is -2.23.